The van der Waals surface area contributed by atoms with Gasteiger partial charge in [-0.3, -0.25) is 4.90 Å². The second-order valence-electron chi connectivity index (χ2n) is 11.6. The van der Waals surface area contributed by atoms with E-state index in [9.17, 15) is 0 Å². The molecule has 0 bridgehead atoms. The Kier molecular flexibility index (Phi) is 11.2. The second-order valence-corrected chi connectivity index (χ2v) is 11.6. The molecule has 0 aliphatic carbocycles. The van der Waals surface area contributed by atoms with Crippen LogP contribution in [0.4, 0.5) is 0 Å². The number of unbranched alkanes of at least 4 members (excludes halogenated alkanes) is 8. The zero-order valence-electron chi connectivity index (χ0n) is 24.7. The minimum atomic E-state index is -0.306. The summed E-state index contributed by atoms with van der Waals surface area (Å²) < 4.78 is 6.26. The summed E-state index contributed by atoms with van der Waals surface area (Å²) in [7, 11) is 0. The highest BCUT2D eigenvalue weighted by Gasteiger charge is 2.53. The van der Waals surface area contributed by atoms with Crippen LogP contribution in [-0.4, -0.2) is 30.7 Å². The molecule has 1 heterocycles. The molecule has 0 amide bonds. The molecule has 5 rings (SSSR count). The van der Waals surface area contributed by atoms with Crippen molar-refractivity contribution >= 4 is 0 Å². The molecular formula is C39H47NO. The highest BCUT2D eigenvalue weighted by atomic mass is 16.5. The molecule has 41 heavy (non-hydrogen) atoms. The van der Waals surface area contributed by atoms with Crippen LogP contribution in [0.2, 0.25) is 0 Å². The standard InChI is InChI=1S/C39H47NO/c1(2-4-6-12-22-34-23-13-8-14-24-34)3-5-7-21-31-41-33-38-32-40(38)39(35-25-15-9-16-26-35,36-27-17-10-18-28-36)37-29-19-11-20-30-37/h8-11,13-20,23-30,38H,1-7,12,21-22,31-33H2/t38-,40?/m0/s1. The Morgan fingerprint density at radius 1 is 0.512 bits per heavy atom. The molecule has 2 heteroatoms. The predicted octanol–water partition coefficient (Wildman–Crippen LogP) is 9.43. The van der Waals surface area contributed by atoms with Crippen LogP contribution in [0.3, 0.4) is 0 Å². The van der Waals surface area contributed by atoms with Crippen LogP contribution in [0.5, 0.6) is 0 Å². The molecule has 0 spiro atoms. The van der Waals surface area contributed by atoms with Gasteiger partial charge in [-0.2, -0.15) is 0 Å². The van der Waals surface area contributed by atoms with E-state index in [1.165, 1.54) is 86.5 Å². The maximum Gasteiger partial charge on any atom is 0.0977 e. The minimum Gasteiger partial charge on any atom is -0.380 e. The van der Waals surface area contributed by atoms with Crippen molar-refractivity contribution in [1.29, 1.82) is 0 Å². The first-order valence-electron chi connectivity index (χ1n) is 15.9. The molecule has 4 aromatic rings. The van der Waals surface area contributed by atoms with Gasteiger partial charge in [0.25, 0.3) is 0 Å². The van der Waals surface area contributed by atoms with Crippen molar-refractivity contribution in [3.63, 3.8) is 0 Å². The number of nitrogens with zero attached hydrogens (tertiary/aromatic N) is 1. The molecule has 0 radical (unpaired) electrons. The van der Waals surface area contributed by atoms with E-state index in [1.807, 2.05) is 0 Å². The highest BCUT2D eigenvalue weighted by molar-refractivity contribution is 5.51. The molecule has 0 saturated carbocycles. The average molecular weight is 546 g/mol. The topological polar surface area (TPSA) is 12.2 Å². The maximum absolute atomic E-state index is 6.26. The zero-order valence-corrected chi connectivity index (χ0v) is 24.7. The van der Waals surface area contributed by atoms with Crippen molar-refractivity contribution < 1.29 is 4.74 Å². The third kappa shape index (κ3) is 7.97. The molecule has 1 aliphatic heterocycles. The van der Waals surface area contributed by atoms with E-state index in [0.29, 0.717) is 6.04 Å². The smallest absolute Gasteiger partial charge is 0.0977 e. The van der Waals surface area contributed by atoms with Crippen molar-refractivity contribution in [2.24, 2.45) is 0 Å². The zero-order chi connectivity index (χ0) is 28.0. The van der Waals surface area contributed by atoms with E-state index >= 15 is 0 Å². The van der Waals surface area contributed by atoms with Gasteiger partial charge in [-0.05, 0) is 41.5 Å². The maximum atomic E-state index is 6.26. The fraction of sp³-hybridized carbons (Fsp3) is 0.385. The Morgan fingerprint density at radius 2 is 0.927 bits per heavy atom. The Morgan fingerprint density at radius 3 is 1.41 bits per heavy atom. The van der Waals surface area contributed by atoms with Crippen LogP contribution in [-0.2, 0) is 16.7 Å². The fourth-order valence-electron chi connectivity index (χ4n) is 6.40. The molecule has 1 fully saturated rings. The quantitative estimate of drug-likeness (QED) is 0.0701. The molecular weight excluding hydrogens is 498 g/mol. The summed E-state index contributed by atoms with van der Waals surface area (Å²) in [6.07, 6.45) is 13.2. The van der Waals surface area contributed by atoms with Crippen molar-refractivity contribution in [1.82, 2.24) is 4.90 Å². The summed E-state index contributed by atoms with van der Waals surface area (Å²) in [5, 5.41) is 0. The van der Waals surface area contributed by atoms with E-state index in [4.69, 9.17) is 4.74 Å². The lowest BCUT2D eigenvalue weighted by Crippen LogP contribution is -2.39. The Bertz CT molecular complexity index is 1150. The summed E-state index contributed by atoms with van der Waals surface area (Å²) in [6, 6.07) is 44.3. The largest absolute Gasteiger partial charge is 0.380 e. The predicted molar refractivity (Wildman–Crippen MR) is 172 cm³/mol. The van der Waals surface area contributed by atoms with Crippen molar-refractivity contribution in [2.75, 3.05) is 19.8 Å². The summed E-state index contributed by atoms with van der Waals surface area (Å²) in [5.74, 6) is 0. The SMILES string of the molecule is c1ccc(CCCCCCCCCCCOC[C@@H]2CN2C(c2ccccc2)(c2ccccc2)c2ccccc2)cc1. The molecule has 0 aromatic heterocycles. The van der Waals surface area contributed by atoms with Gasteiger partial charge in [0, 0.05) is 19.2 Å². The summed E-state index contributed by atoms with van der Waals surface area (Å²) in [5.41, 5.74) is 5.12. The van der Waals surface area contributed by atoms with Crippen molar-refractivity contribution in [2.45, 2.75) is 75.8 Å². The number of rotatable bonds is 18. The van der Waals surface area contributed by atoms with Crippen LogP contribution in [0.1, 0.15) is 80.0 Å². The molecule has 0 N–H and O–H groups in total. The number of hydrogen-bond acceptors (Lipinski definition) is 2. The van der Waals surface area contributed by atoms with Crippen LogP contribution in [0.25, 0.3) is 0 Å². The molecule has 4 aromatic carbocycles. The monoisotopic (exact) mass is 545 g/mol. The van der Waals surface area contributed by atoms with Crippen LogP contribution in [0, 0.1) is 0 Å². The number of benzene rings is 4. The van der Waals surface area contributed by atoms with Gasteiger partial charge in [-0.15, -0.1) is 0 Å². The van der Waals surface area contributed by atoms with E-state index in [0.717, 1.165) is 19.8 Å². The molecule has 1 aliphatic rings. The first-order chi connectivity index (χ1) is 20.4. The van der Waals surface area contributed by atoms with Gasteiger partial charge in [0.1, 0.15) is 0 Å². The van der Waals surface area contributed by atoms with E-state index in [-0.39, 0.29) is 5.54 Å². The lowest BCUT2D eigenvalue weighted by molar-refractivity contribution is 0.116. The van der Waals surface area contributed by atoms with Crippen LogP contribution >= 0.6 is 0 Å². The number of ether oxygens (including phenoxy) is 1. The Hall–Kier alpha value is -3.20. The minimum absolute atomic E-state index is 0.306. The van der Waals surface area contributed by atoms with Gasteiger partial charge in [0.15, 0.2) is 0 Å². The Labute approximate surface area is 248 Å². The van der Waals surface area contributed by atoms with Gasteiger partial charge in [-0.25, -0.2) is 0 Å². The summed E-state index contributed by atoms with van der Waals surface area (Å²) in [4.78, 5) is 2.63. The van der Waals surface area contributed by atoms with Gasteiger partial charge in [-0.1, -0.05) is 166 Å². The fourth-order valence-corrected chi connectivity index (χ4v) is 6.40. The molecule has 214 valence electrons. The molecule has 2 nitrogen and oxygen atoms in total. The summed E-state index contributed by atoms with van der Waals surface area (Å²) >= 11 is 0. The second kappa shape index (κ2) is 15.7. The third-order valence-corrected chi connectivity index (χ3v) is 8.63. The van der Waals surface area contributed by atoms with E-state index in [2.05, 4.69) is 126 Å². The van der Waals surface area contributed by atoms with Gasteiger partial charge < -0.3 is 4.74 Å². The number of aryl methyl sites for hydroxylation is 1. The normalized spacial score (nSPS) is 16.5. The average Bonchev–Trinajstić information content (AvgIpc) is 3.81. The van der Waals surface area contributed by atoms with E-state index in [1.54, 1.807) is 0 Å². The van der Waals surface area contributed by atoms with Crippen molar-refractivity contribution in [3.05, 3.63) is 144 Å². The first-order valence-corrected chi connectivity index (χ1v) is 15.9. The molecule has 1 unspecified atom stereocenters. The highest BCUT2D eigenvalue weighted by Crippen LogP contribution is 2.48. The summed E-state index contributed by atoms with van der Waals surface area (Å²) in [6.45, 7) is 2.72. The van der Waals surface area contributed by atoms with Crippen molar-refractivity contribution in [3.8, 4) is 0 Å². The van der Waals surface area contributed by atoms with Gasteiger partial charge in [0.2, 0.25) is 0 Å². The molecule has 2 atom stereocenters. The van der Waals surface area contributed by atoms with E-state index < -0.39 is 0 Å². The third-order valence-electron chi connectivity index (χ3n) is 8.63. The molecule has 1 saturated heterocycles. The van der Waals surface area contributed by atoms with Gasteiger partial charge in [0.05, 0.1) is 12.1 Å². The number of hydrogen-bond donors (Lipinski definition) is 0. The van der Waals surface area contributed by atoms with Crippen LogP contribution in [0.15, 0.2) is 121 Å². The Balaban J connectivity index is 1.03. The lowest BCUT2D eigenvalue weighted by atomic mass is 9.76. The van der Waals surface area contributed by atoms with Crippen LogP contribution < -0.4 is 0 Å². The lowest BCUT2D eigenvalue weighted by Gasteiger charge is -2.38. The van der Waals surface area contributed by atoms with Gasteiger partial charge >= 0.3 is 0 Å². The first kappa shape index (κ1) is 29.3.